The number of benzene rings is 2. The molecule has 0 atom stereocenters. The maximum atomic E-state index is 10.8. The third kappa shape index (κ3) is 7.20. The third-order valence-electron chi connectivity index (χ3n) is 7.99. The molecule has 0 fully saturated rings. The molecule has 242 valence electrons. The molecule has 12 heteroatoms. The molecule has 6 rings (SSSR count). The molecule has 0 unspecified atom stereocenters. The normalized spacial score (nSPS) is 11.1. The Balaban J connectivity index is 1.24. The Labute approximate surface area is 276 Å². The minimum absolute atomic E-state index is 0.121. The SMILES string of the molecule is Cc1c(Nc2nccc3cc(CNCC(=O)O)cnc23)cccc1-c1cccc(Nc2nccc3cc(CNCC(=O)O)cnc23)c1C. The standard InChI is InChI=1S/C36H34N8O4/c1-21-27(5-3-7-29(21)43-35-33-25(9-11-39-35)13-23(17-41-33)15-37-19-31(45)46)28-6-4-8-30(22(28)2)44-36-34-26(10-12-40-36)14-24(18-42-34)16-38-20-32(47)48/h3-14,17-18,37-38H,15-16,19-20H2,1-2H3,(H,39,43)(H,40,44)(H,45,46)(H,47,48). The predicted octanol–water partition coefficient (Wildman–Crippen LogP) is 5.69. The highest BCUT2D eigenvalue weighted by molar-refractivity contribution is 5.92. The van der Waals surface area contributed by atoms with Crippen LogP contribution >= 0.6 is 0 Å². The topological polar surface area (TPSA) is 174 Å². The zero-order valence-corrected chi connectivity index (χ0v) is 26.4. The van der Waals surface area contributed by atoms with Crippen LogP contribution < -0.4 is 21.3 Å². The van der Waals surface area contributed by atoms with Crippen LogP contribution in [0.5, 0.6) is 0 Å². The minimum Gasteiger partial charge on any atom is -0.480 e. The van der Waals surface area contributed by atoms with E-state index in [0.717, 1.165) is 55.5 Å². The first kappa shape index (κ1) is 32.0. The number of carbonyl (C=O) groups is 2. The van der Waals surface area contributed by atoms with Crippen LogP contribution in [0.3, 0.4) is 0 Å². The van der Waals surface area contributed by atoms with Crippen molar-refractivity contribution in [2.24, 2.45) is 0 Å². The largest absolute Gasteiger partial charge is 0.480 e. The maximum Gasteiger partial charge on any atom is 0.317 e. The molecule has 2 aromatic carbocycles. The molecule has 48 heavy (non-hydrogen) atoms. The fraction of sp³-hybridized carbons (Fsp3) is 0.167. The summed E-state index contributed by atoms with van der Waals surface area (Å²) in [6.07, 6.45) is 6.92. The molecule has 0 amide bonds. The molecule has 12 nitrogen and oxygen atoms in total. The number of anilines is 4. The predicted molar refractivity (Wildman–Crippen MR) is 186 cm³/mol. The molecule has 4 aromatic heterocycles. The van der Waals surface area contributed by atoms with Gasteiger partial charge in [0.25, 0.3) is 0 Å². The van der Waals surface area contributed by atoms with Crippen molar-refractivity contribution in [3.63, 3.8) is 0 Å². The van der Waals surface area contributed by atoms with Gasteiger partial charge in [0.1, 0.15) is 11.0 Å². The molecule has 0 spiro atoms. The third-order valence-corrected chi connectivity index (χ3v) is 7.99. The maximum absolute atomic E-state index is 10.8. The van der Waals surface area contributed by atoms with Crippen molar-refractivity contribution < 1.29 is 19.8 Å². The van der Waals surface area contributed by atoms with E-state index in [2.05, 4.69) is 67.2 Å². The number of nitrogens with zero attached hydrogens (tertiary/aromatic N) is 4. The van der Waals surface area contributed by atoms with Gasteiger partial charge in [-0.2, -0.15) is 0 Å². The molecule has 4 heterocycles. The Morgan fingerprint density at radius 2 is 1.06 bits per heavy atom. The number of fused-ring (bicyclic) bond motifs is 2. The lowest BCUT2D eigenvalue weighted by Gasteiger charge is -2.18. The Kier molecular flexibility index (Phi) is 9.46. The Morgan fingerprint density at radius 3 is 1.48 bits per heavy atom. The molecule has 0 aliphatic rings. The first-order valence-electron chi connectivity index (χ1n) is 15.3. The van der Waals surface area contributed by atoms with Crippen molar-refractivity contribution in [2.45, 2.75) is 26.9 Å². The number of rotatable bonds is 13. The van der Waals surface area contributed by atoms with E-state index >= 15 is 0 Å². The second-order valence-corrected chi connectivity index (χ2v) is 11.4. The molecule has 6 N–H and O–H groups in total. The molecule has 6 aromatic rings. The fourth-order valence-electron chi connectivity index (χ4n) is 5.60. The van der Waals surface area contributed by atoms with Gasteiger partial charge in [-0.1, -0.05) is 24.3 Å². The summed E-state index contributed by atoms with van der Waals surface area (Å²) >= 11 is 0. The number of carboxylic acid groups (broad SMARTS) is 2. The molecular formula is C36H34N8O4. The molecule has 0 saturated heterocycles. The summed E-state index contributed by atoms with van der Waals surface area (Å²) in [4.78, 5) is 40.1. The van der Waals surface area contributed by atoms with Crippen molar-refractivity contribution >= 4 is 56.8 Å². The van der Waals surface area contributed by atoms with Gasteiger partial charge in [-0.25, -0.2) is 9.97 Å². The highest BCUT2D eigenvalue weighted by Crippen LogP contribution is 2.36. The molecule has 0 aliphatic heterocycles. The van der Waals surface area contributed by atoms with E-state index in [9.17, 15) is 9.59 Å². The van der Waals surface area contributed by atoms with Gasteiger partial charge in [-0.3, -0.25) is 19.6 Å². The average Bonchev–Trinajstić information content (AvgIpc) is 3.06. The smallest absolute Gasteiger partial charge is 0.317 e. The van der Waals surface area contributed by atoms with Crippen LogP contribution in [-0.2, 0) is 22.7 Å². The lowest BCUT2D eigenvalue weighted by atomic mass is 9.94. The molecule has 0 bridgehead atoms. The first-order chi connectivity index (χ1) is 23.3. The summed E-state index contributed by atoms with van der Waals surface area (Å²) in [5.74, 6) is -0.565. The van der Waals surface area contributed by atoms with E-state index in [-0.39, 0.29) is 13.1 Å². The van der Waals surface area contributed by atoms with Crippen LogP contribution in [0.4, 0.5) is 23.0 Å². The Hall–Kier alpha value is -5.98. The van der Waals surface area contributed by atoms with Crippen molar-refractivity contribution in [2.75, 3.05) is 23.7 Å². The molecule has 0 aliphatic carbocycles. The quantitative estimate of drug-likeness (QED) is 0.0909. The second-order valence-electron chi connectivity index (χ2n) is 11.4. The van der Waals surface area contributed by atoms with E-state index in [1.807, 2.05) is 48.5 Å². The number of hydrogen-bond donors (Lipinski definition) is 6. The second kappa shape index (κ2) is 14.2. The van der Waals surface area contributed by atoms with E-state index in [1.54, 1.807) is 24.8 Å². The molecule has 0 saturated carbocycles. The zero-order valence-electron chi connectivity index (χ0n) is 26.4. The monoisotopic (exact) mass is 642 g/mol. The van der Waals surface area contributed by atoms with Crippen molar-refractivity contribution in [1.29, 1.82) is 0 Å². The summed E-state index contributed by atoms with van der Waals surface area (Å²) in [5, 5.41) is 32.3. The van der Waals surface area contributed by atoms with Gasteiger partial charge in [-0.15, -0.1) is 0 Å². The number of carboxylic acids is 2. The number of nitrogens with one attached hydrogen (secondary N) is 4. The van der Waals surface area contributed by atoms with Gasteiger partial charge in [0, 0.05) is 60.0 Å². The Bertz CT molecular complexity index is 2000. The van der Waals surface area contributed by atoms with E-state index in [0.29, 0.717) is 35.8 Å². The molecular weight excluding hydrogens is 608 g/mol. The summed E-state index contributed by atoms with van der Waals surface area (Å²) in [6, 6.07) is 20.0. The highest BCUT2D eigenvalue weighted by atomic mass is 16.4. The lowest BCUT2D eigenvalue weighted by Crippen LogP contribution is -2.21. The summed E-state index contributed by atoms with van der Waals surface area (Å²) in [7, 11) is 0. The minimum atomic E-state index is -0.908. The highest BCUT2D eigenvalue weighted by Gasteiger charge is 2.15. The van der Waals surface area contributed by atoms with E-state index in [1.165, 1.54) is 0 Å². The van der Waals surface area contributed by atoms with Crippen molar-refractivity contribution in [3.05, 3.63) is 108 Å². The summed E-state index contributed by atoms with van der Waals surface area (Å²) in [5.41, 5.74) is 9.19. The number of pyridine rings is 4. The van der Waals surface area contributed by atoms with Crippen LogP contribution in [0.1, 0.15) is 22.3 Å². The van der Waals surface area contributed by atoms with Crippen LogP contribution in [0, 0.1) is 13.8 Å². The van der Waals surface area contributed by atoms with Gasteiger partial charge in [-0.05, 0) is 83.6 Å². The van der Waals surface area contributed by atoms with Crippen LogP contribution in [0.15, 0.2) is 85.5 Å². The molecule has 0 radical (unpaired) electrons. The zero-order chi connectivity index (χ0) is 33.6. The Morgan fingerprint density at radius 1 is 0.625 bits per heavy atom. The average molecular weight is 643 g/mol. The summed E-state index contributed by atoms with van der Waals surface area (Å²) in [6.45, 7) is 4.70. The summed E-state index contributed by atoms with van der Waals surface area (Å²) < 4.78 is 0. The number of aromatic nitrogens is 4. The number of aliphatic carboxylic acids is 2. The number of hydrogen-bond acceptors (Lipinski definition) is 10. The van der Waals surface area contributed by atoms with Gasteiger partial charge in [0.05, 0.1) is 13.1 Å². The van der Waals surface area contributed by atoms with E-state index in [4.69, 9.17) is 10.2 Å². The van der Waals surface area contributed by atoms with Crippen LogP contribution in [-0.4, -0.2) is 55.2 Å². The van der Waals surface area contributed by atoms with E-state index < -0.39 is 11.9 Å². The van der Waals surface area contributed by atoms with Gasteiger partial charge in [0.15, 0.2) is 11.6 Å². The fourth-order valence-corrected chi connectivity index (χ4v) is 5.60. The van der Waals surface area contributed by atoms with Crippen molar-refractivity contribution in [1.82, 2.24) is 30.6 Å². The van der Waals surface area contributed by atoms with Gasteiger partial charge >= 0.3 is 11.9 Å². The first-order valence-corrected chi connectivity index (χ1v) is 15.3. The van der Waals surface area contributed by atoms with Gasteiger partial charge in [0.2, 0.25) is 0 Å². The van der Waals surface area contributed by atoms with Crippen LogP contribution in [0.25, 0.3) is 32.9 Å². The lowest BCUT2D eigenvalue weighted by molar-refractivity contribution is -0.137. The van der Waals surface area contributed by atoms with Crippen LogP contribution in [0.2, 0.25) is 0 Å². The van der Waals surface area contributed by atoms with Gasteiger partial charge < -0.3 is 31.5 Å². The van der Waals surface area contributed by atoms with Crippen molar-refractivity contribution in [3.8, 4) is 11.1 Å².